The van der Waals surface area contributed by atoms with Crippen molar-refractivity contribution in [2.45, 2.75) is 0 Å². The Morgan fingerprint density at radius 3 is 2.20 bits per heavy atom. The van der Waals surface area contributed by atoms with Gasteiger partial charge in [-0.15, -0.1) is 0 Å². The van der Waals surface area contributed by atoms with Gasteiger partial charge in [-0.3, -0.25) is 19.3 Å². The lowest BCUT2D eigenvalue weighted by Gasteiger charge is -2.07. The van der Waals surface area contributed by atoms with Crippen molar-refractivity contribution in [3.05, 3.63) is 35.6 Å². The summed E-state index contributed by atoms with van der Waals surface area (Å²) in [7, 11) is 0. The van der Waals surface area contributed by atoms with Gasteiger partial charge in [-0.05, 0) is 24.3 Å². The highest BCUT2D eigenvalue weighted by Crippen LogP contribution is 2.03. The molecule has 1 aromatic rings. The van der Waals surface area contributed by atoms with E-state index in [-0.39, 0.29) is 24.9 Å². The maximum atomic E-state index is 12.5. The highest BCUT2D eigenvalue weighted by atomic mass is 19.1. The van der Waals surface area contributed by atoms with E-state index in [0.29, 0.717) is 4.90 Å². The smallest absolute Gasteiger partial charge is 0.216 e. The van der Waals surface area contributed by atoms with Crippen molar-refractivity contribution in [2.75, 3.05) is 6.54 Å². The van der Waals surface area contributed by atoms with Crippen molar-refractivity contribution in [1.82, 2.24) is 4.90 Å². The Morgan fingerprint density at radius 1 is 1.20 bits per heavy atom. The van der Waals surface area contributed by atoms with Crippen molar-refractivity contribution in [3.63, 3.8) is 0 Å². The summed E-state index contributed by atoms with van der Waals surface area (Å²) in [6, 6.07) is 4.87. The van der Waals surface area contributed by atoms with Crippen LogP contribution in [0.3, 0.4) is 0 Å². The fraction of sp³-hybridized carbons (Fsp3) is 0.100. The molecule has 0 saturated heterocycles. The fourth-order valence-corrected chi connectivity index (χ4v) is 0.992. The summed E-state index contributed by atoms with van der Waals surface area (Å²) >= 11 is 0. The Labute approximate surface area is 85.3 Å². The molecule has 0 aliphatic carbocycles. The van der Waals surface area contributed by atoms with Crippen LogP contribution in [0.1, 0.15) is 10.4 Å². The molecule has 0 bridgehead atoms. The lowest BCUT2D eigenvalue weighted by molar-refractivity contribution is -0.128. The predicted octanol–water partition coefficient (Wildman–Crippen LogP) is 0.623. The summed E-state index contributed by atoms with van der Waals surface area (Å²) < 4.78 is 12.5. The van der Waals surface area contributed by atoms with Crippen molar-refractivity contribution < 1.29 is 18.8 Å². The Bertz CT molecular complexity index is 367. The molecule has 1 rings (SSSR count). The zero-order chi connectivity index (χ0) is 11.3. The second kappa shape index (κ2) is 4.99. The minimum atomic E-state index is -0.450. The van der Waals surface area contributed by atoms with Gasteiger partial charge in [-0.1, -0.05) is 0 Å². The molecular weight excluding hydrogens is 201 g/mol. The number of carbonyl (C=O) groups excluding carboxylic acids is 3. The van der Waals surface area contributed by atoms with Gasteiger partial charge in [0.05, 0.1) is 6.54 Å². The average Bonchev–Trinajstić information content (AvgIpc) is 2.26. The normalized spacial score (nSPS) is 9.40. The van der Waals surface area contributed by atoms with E-state index >= 15 is 0 Å². The number of halogens is 1. The molecule has 2 amide bonds. The average molecular weight is 209 g/mol. The van der Waals surface area contributed by atoms with Crippen LogP contribution in [0.15, 0.2) is 24.3 Å². The van der Waals surface area contributed by atoms with E-state index in [1.165, 1.54) is 12.1 Å². The molecule has 0 saturated carbocycles. The third-order valence-electron chi connectivity index (χ3n) is 1.76. The van der Waals surface area contributed by atoms with Crippen molar-refractivity contribution in [1.29, 1.82) is 0 Å². The van der Waals surface area contributed by atoms with Crippen molar-refractivity contribution >= 4 is 18.6 Å². The molecule has 0 aliphatic rings. The Morgan fingerprint density at radius 2 is 1.73 bits per heavy atom. The van der Waals surface area contributed by atoms with Crippen LogP contribution in [-0.4, -0.2) is 30.0 Å². The minimum Gasteiger partial charge on any atom is -0.292 e. The number of carbonyl (C=O) groups is 3. The van der Waals surface area contributed by atoms with Crippen LogP contribution in [0.4, 0.5) is 4.39 Å². The lowest BCUT2D eigenvalue weighted by atomic mass is 10.1. The summed E-state index contributed by atoms with van der Waals surface area (Å²) in [5.74, 6) is -0.872. The largest absolute Gasteiger partial charge is 0.292 e. The van der Waals surface area contributed by atoms with Gasteiger partial charge in [0.25, 0.3) is 0 Å². The molecule has 1 aromatic carbocycles. The van der Waals surface area contributed by atoms with Crippen LogP contribution in [0.5, 0.6) is 0 Å². The highest BCUT2D eigenvalue weighted by Gasteiger charge is 2.09. The number of imide groups is 1. The summed E-state index contributed by atoms with van der Waals surface area (Å²) in [5, 5.41) is 0. The predicted molar refractivity (Wildman–Crippen MR) is 49.6 cm³/mol. The van der Waals surface area contributed by atoms with Crippen LogP contribution in [0, 0.1) is 5.82 Å². The molecule has 0 atom stereocenters. The van der Waals surface area contributed by atoms with E-state index in [4.69, 9.17) is 0 Å². The van der Waals surface area contributed by atoms with Gasteiger partial charge in [0, 0.05) is 5.56 Å². The molecule has 0 fully saturated rings. The monoisotopic (exact) mass is 209 g/mol. The van der Waals surface area contributed by atoms with E-state index < -0.39 is 11.6 Å². The SMILES string of the molecule is O=CN(C=O)CC(=O)c1ccc(F)cc1. The number of Topliss-reactive ketones (excluding diaryl/α,β-unsaturated/α-hetero) is 1. The van der Waals surface area contributed by atoms with Gasteiger partial charge in [0.15, 0.2) is 5.78 Å². The number of nitrogens with zero attached hydrogens (tertiary/aromatic N) is 1. The third kappa shape index (κ3) is 2.98. The first-order valence-corrected chi connectivity index (χ1v) is 4.12. The molecule has 78 valence electrons. The molecule has 0 aromatic heterocycles. The highest BCUT2D eigenvalue weighted by molar-refractivity contribution is 5.99. The number of ketones is 1. The molecule has 0 radical (unpaired) electrons. The quantitative estimate of drug-likeness (QED) is 0.527. The second-order valence-electron chi connectivity index (χ2n) is 2.81. The van der Waals surface area contributed by atoms with Crippen molar-refractivity contribution in [3.8, 4) is 0 Å². The van der Waals surface area contributed by atoms with Crippen LogP contribution < -0.4 is 0 Å². The van der Waals surface area contributed by atoms with Gasteiger partial charge in [0.1, 0.15) is 5.82 Å². The number of hydrogen-bond donors (Lipinski definition) is 0. The summed E-state index contributed by atoms with van der Waals surface area (Å²) in [6.45, 7) is -0.335. The zero-order valence-corrected chi connectivity index (χ0v) is 7.72. The van der Waals surface area contributed by atoms with Gasteiger partial charge < -0.3 is 0 Å². The first kappa shape index (κ1) is 11.0. The maximum Gasteiger partial charge on any atom is 0.216 e. The molecular formula is C10H8FNO3. The van der Waals surface area contributed by atoms with E-state index in [9.17, 15) is 18.8 Å². The van der Waals surface area contributed by atoms with Gasteiger partial charge in [-0.2, -0.15) is 0 Å². The third-order valence-corrected chi connectivity index (χ3v) is 1.76. The number of benzene rings is 1. The molecule has 0 heterocycles. The molecule has 15 heavy (non-hydrogen) atoms. The molecule has 0 unspecified atom stereocenters. The van der Waals surface area contributed by atoms with Crippen molar-refractivity contribution in [2.24, 2.45) is 0 Å². The van der Waals surface area contributed by atoms with Gasteiger partial charge >= 0.3 is 0 Å². The summed E-state index contributed by atoms with van der Waals surface area (Å²) in [4.78, 5) is 32.6. The lowest BCUT2D eigenvalue weighted by Crippen LogP contribution is -2.27. The van der Waals surface area contributed by atoms with E-state index in [0.717, 1.165) is 12.1 Å². The number of rotatable bonds is 5. The zero-order valence-electron chi connectivity index (χ0n) is 7.72. The minimum absolute atomic E-state index is 0.255. The first-order valence-electron chi connectivity index (χ1n) is 4.12. The van der Waals surface area contributed by atoms with E-state index in [2.05, 4.69) is 0 Å². The van der Waals surface area contributed by atoms with E-state index in [1.807, 2.05) is 0 Å². The van der Waals surface area contributed by atoms with Gasteiger partial charge in [0.2, 0.25) is 12.8 Å². The number of amides is 2. The molecule has 0 spiro atoms. The molecule has 4 nitrogen and oxygen atoms in total. The van der Waals surface area contributed by atoms with Crippen LogP contribution in [0.25, 0.3) is 0 Å². The Balaban J connectivity index is 2.72. The Hall–Kier alpha value is -2.04. The topological polar surface area (TPSA) is 54.5 Å². The molecule has 5 heteroatoms. The van der Waals surface area contributed by atoms with Crippen LogP contribution in [-0.2, 0) is 9.59 Å². The summed E-state index contributed by atoms with van der Waals surface area (Å²) in [6.07, 6.45) is 0.517. The summed E-state index contributed by atoms with van der Waals surface area (Å²) in [5.41, 5.74) is 0.255. The molecule has 0 N–H and O–H groups in total. The van der Waals surface area contributed by atoms with Gasteiger partial charge in [-0.25, -0.2) is 4.39 Å². The number of hydrogen-bond acceptors (Lipinski definition) is 3. The molecule has 0 aliphatic heterocycles. The first-order chi connectivity index (χ1) is 7.17. The second-order valence-corrected chi connectivity index (χ2v) is 2.81. The Kier molecular flexibility index (Phi) is 3.68. The van der Waals surface area contributed by atoms with Crippen LogP contribution >= 0.6 is 0 Å². The standard InChI is InChI=1S/C10H8FNO3/c11-9-3-1-8(2-4-9)10(15)5-12(6-13)7-14/h1-4,6-7H,5H2. The fourth-order valence-electron chi connectivity index (χ4n) is 0.992. The van der Waals surface area contributed by atoms with E-state index in [1.54, 1.807) is 0 Å². The van der Waals surface area contributed by atoms with Crippen LogP contribution in [0.2, 0.25) is 0 Å². The maximum absolute atomic E-state index is 12.5.